The fraction of sp³-hybridized carbons (Fsp3) is 0.500. The van der Waals surface area contributed by atoms with E-state index < -0.39 is 6.36 Å². The molecule has 2 heterocycles. The molecule has 0 N–H and O–H groups in total. The highest BCUT2D eigenvalue weighted by molar-refractivity contribution is 6.32. The number of fused-ring (bicyclic) bond motifs is 2. The SMILES string of the molecule is FC(F)(F)Oc1cc(Cl)c2c(c1)N=C1CCCCCN1C2. The third kappa shape index (κ3) is 3.26. The van der Waals surface area contributed by atoms with Gasteiger partial charge in [0.1, 0.15) is 11.6 Å². The molecule has 3 nitrogen and oxygen atoms in total. The van der Waals surface area contributed by atoms with Crippen molar-refractivity contribution in [2.45, 2.75) is 38.6 Å². The van der Waals surface area contributed by atoms with Crippen molar-refractivity contribution in [1.29, 1.82) is 0 Å². The predicted octanol–water partition coefficient (Wildman–Crippen LogP) is 4.66. The lowest BCUT2D eigenvalue weighted by atomic mass is 10.1. The molecular weight excluding hydrogens is 305 g/mol. The molecule has 2 aliphatic rings. The number of hydrogen-bond acceptors (Lipinski definition) is 3. The maximum absolute atomic E-state index is 12.3. The average Bonchev–Trinajstić information content (AvgIpc) is 2.59. The summed E-state index contributed by atoms with van der Waals surface area (Å²) in [5.74, 6) is 0.609. The Morgan fingerprint density at radius 3 is 2.76 bits per heavy atom. The second kappa shape index (κ2) is 5.40. The first-order valence-corrected chi connectivity index (χ1v) is 7.21. The van der Waals surface area contributed by atoms with E-state index in [1.165, 1.54) is 12.1 Å². The van der Waals surface area contributed by atoms with Crippen molar-refractivity contribution in [2.75, 3.05) is 6.54 Å². The molecule has 0 saturated carbocycles. The van der Waals surface area contributed by atoms with Gasteiger partial charge in [-0.25, -0.2) is 4.99 Å². The van der Waals surface area contributed by atoms with Crippen LogP contribution in [0, 0.1) is 0 Å². The fourth-order valence-electron chi connectivity index (χ4n) is 2.72. The number of halogens is 4. The van der Waals surface area contributed by atoms with E-state index in [0.717, 1.165) is 43.6 Å². The summed E-state index contributed by atoms with van der Waals surface area (Å²) in [4.78, 5) is 6.65. The van der Waals surface area contributed by atoms with E-state index in [2.05, 4.69) is 14.6 Å². The molecule has 1 aromatic rings. The zero-order valence-corrected chi connectivity index (χ0v) is 12.0. The molecule has 0 atom stereocenters. The van der Waals surface area contributed by atoms with Gasteiger partial charge in [-0.05, 0) is 18.9 Å². The lowest BCUT2D eigenvalue weighted by Gasteiger charge is -2.29. The molecule has 0 spiro atoms. The molecule has 0 bridgehead atoms. The van der Waals surface area contributed by atoms with Crippen LogP contribution >= 0.6 is 11.6 Å². The number of ether oxygens (including phenoxy) is 1. The Balaban J connectivity index is 1.96. The van der Waals surface area contributed by atoms with E-state index in [0.29, 0.717) is 12.2 Å². The smallest absolute Gasteiger partial charge is 0.406 e. The molecule has 0 unspecified atom stereocenters. The van der Waals surface area contributed by atoms with Crippen molar-refractivity contribution in [1.82, 2.24) is 4.90 Å². The van der Waals surface area contributed by atoms with E-state index in [9.17, 15) is 13.2 Å². The van der Waals surface area contributed by atoms with Crippen LogP contribution in [0.2, 0.25) is 5.02 Å². The van der Waals surface area contributed by atoms with Crippen LogP contribution in [0.3, 0.4) is 0 Å². The van der Waals surface area contributed by atoms with Gasteiger partial charge in [0.15, 0.2) is 0 Å². The molecule has 114 valence electrons. The third-order valence-corrected chi connectivity index (χ3v) is 4.01. The van der Waals surface area contributed by atoms with Gasteiger partial charge in [-0.2, -0.15) is 0 Å². The Hall–Kier alpha value is -1.43. The van der Waals surface area contributed by atoms with E-state index >= 15 is 0 Å². The van der Waals surface area contributed by atoms with Gasteiger partial charge in [-0.15, -0.1) is 13.2 Å². The van der Waals surface area contributed by atoms with Crippen molar-refractivity contribution >= 4 is 23.1 Å². The first-order chi connectivity index (χ1) is 9.92. The quantitative estimate of drug-likeness (QED) is 0.752. The fourth-order valence-corrected chi connectivity index (χ4v) is 2.99. The monoisotopic (exact) mass is 318 g/mol. The summed E-state index contributed by atoms with van der Waals surface area (Å²) in [7, 11) is 0. The Bertz CT molecular complexity index is 586. The minimum absolute atomic E-state index is 0.263. The summed E-state index contributed by atoms with van der Waals surface area (Å²) >= 11 is 6.10. The number of aliphatic imine (C=N–C) groups is 1. The topological polar surface area (TPSA) is 24.8 Å². The Labute approximate surface area is 125 Å². The van der Waals surface area contributed by atoms with Gasteiger partial charge >= 0.3 is 6.36 Å². The summed E-state index contributed by atoms with van der Waals surface area (Å²) in [6.07, 6.45) is -0.588. The first-order valence-electron chi connectivity index (χ1n) is 6.83. The molecule has 3 rings (SSSR count). The van der Waals surface area contributed by atoms with Crippen LogP contribution in [-0.4, -0.2) is 23.6 Å². The number of hydrogen-bond donors (Lipinski definition) is 0. The van der Waals surface area contributed by atoms with Gasteiger partial charge in [0.25, 0.3) is 0 Å². The van der Waals surface area contributed by atoms with Gasteiger partial charge in [-0.1, -0.05) is 18.0 Å². The van der Waals surface area contributed by atoms with E-state index in [1.807, 2.05) is 0 Å². The molecule has 1 aromatic carbocycles. The predicted molar refractivity (Wildman–Crippen MR) is 74.1 cm³/mol. The Morgan fingerprint density at radius 2 is 2.00 bits per heavy atom. The Morgan fingerprint density at radius 1 is 1.19 bits per heavy atom. The summed E-state index contributed by atoms with van der Waals surface area (Å²) in [5.41, 5.74) is 1.24. The van der Waals surface area contributed by atoms with Crippen LogP contribution < -0.4 is 4.74 Å². The molecule has 1 fully saturated rings. The van der Waals surface area contributed by atoms with Crippen LogP contribution in [0.1, 0.15) is 31.2 Å². The summed E-state index contributed by atoms with van der Waals surface area (Å²) in [5, 5.41) is 0.263. The molecule has 0 radical (unpaired) electrons. The maximum Gasteiger partial charge on any atom is 0.573 e. The number of nitrogens with zero attached hydrogens (tertiary/aromatic N) is 2. The van der Waals surface area contributed by atoms with E-state index in [4.69, 9.17) is 11.6 Å². The van der Waals surface area contributed by atoms with Crippen LogP contribution in [0.25, 0.3) is 0 Å². The molecule has 1 saturated heterocycles. The normalized spacial score (nSPS) is 18.5. The number of rotatable bonds is 1. The van der Waals surface area contributed by atoms with Crippen molar-refractivity contribution in [2.24, 2.45) is 4.99 Å². The second-order valence-corrected chi connectivity index (χ2v) is 5.62. The largest absolute Gasteiger partial charge is 0.573 e. The zero-order chi connectivity index (χ0) is 15.0. The van der Waals surface area contributed by atoms with Crippen LogP contribution in [0.4, 0.5) is 18.9 Å². The number of benzene rings is 1. The summed E-state index contributed by atoms with van der Waals surface area (Å²) < 4.78 is 40.9. The molecule has 7 heteroatoms. The molecule has 0 aromatic heterocycles. The number of alkyl halides is 3. The second-order valence-electron chi connectivity index (χ2n) is 5.21. The molecule has 0 aliphatic carbocycles. The lowest BCUT2D eigenvalue weighted by Crippen LogP contribution is -2.32. The van der Waals surface area contributed by atoms with Gasteiger partial charge in [-0.3, -0.25) is 0 Å². The molecule has 21 heavy (non-hydrogen) atoms. The van der Waals surface area contributed by atoms with Crippen molar-refractivity contribution in [3.63, 3.8) is 0 Å². The van der Waals surface area contributed by atoms with Crippen LogP contribution in [0.15, 0.2) is 17.1 Å². The molecular formula is C14H14ClF3N2O. The van der Waals surface area contributed by atoms with Gasteiger partial charge in [0, 0.05) is 31.1 Å². The standard InChI is InChI=1S/C14H14ClF3N2O/c15-11-6-9(21-14(16,17)18)7-12-10(11)8-20-5-3-1-2-4-13(20)19-12/h6-7H,1-5,8H2. The zero-order valence-electron chi connectivity index (χ0n) is 11.2. The van der Waals surface area contributed by atoms with Crippen molar-refractivity contribution < 1.29 is 17.9 Å². The van der Waals surface area contributed by atoms with Gasteiger partial charge in [0.2, 0.25) is 0 Å². The van der Waals surface area contributed by atoms with Crippen molar-refractivity contribution in [3.8, 4) is 5.75 Å². The highest BCUT2D eigenvalue weighted by Crippen LogP contribution is 2.38. The minimum atomic E-state index is -4.73. The number of amidine groups is 1. The van der Waals surface area contributed by atoms with Crippen LogP contribution in [0.5, 0.6) is 5.75 Å². The van der Waals surface area contributed by atoms with Gasteiger partial charge < -0.3 is 9.64 Å². The average molecular weight is 319 g/mol. The van der Waals surface area contributed by atoms with E-state index in [-0.39, 0.29) is 10.8 Å². The Kier molecular flexibility index (Phi) is 3.73. The maximum atomic E-state index is 12.3. The third-order valence-electron chi connectivity index (χ3n) is 3.67. The van der Waals surface area contributed by atoms with Crippen molar-refractivity contribution in [3.05, 3.63) is 22.7 Å². The molecule has 0 amide bonds. The summed E-state index contributed by atoms with van der Waals surface area (Å²) in [6.45, 7) is 1.51. The lowest BCUT2D eigenvalue weighted by molar-refractivity contribution is -0.274. The highest BCUT2D eigenvalue weighted by Gasteiger charge is 2.32. The van der Waals surface area contributed by atoms with Crippen LogP contribution in [-0.2, 0) is 6.54 Å². The van der Waals surface area contributed by atoms with E-state index in [1.54, 1.807) is 0 Å². The summed E-state index contributed by atoms with van der Waals surface area (Å²) in [6, 6.07) is 2.51. The molecule has 2 aliphatic heterocycles. The van der Waals surface area contributed by atoms with Gasteiger partial charge in [0.05, 0.1) is 10.7 Å². The highest BCUT2D eigenvalue weighted by atomic mass is 35.5. The minimum Gasteiger partial charge on any atom is -0.406 e. The first kappa shape index (κ1) is 14.5.